The average molecular weight is 185 g/mol. The molecule has 1 heterocycles. The summed E-state index contributed by atoms with van der Waals surface area (Å²) in [5.41, 5.74) is 5.58. The maximum atomic E-state index is 10.6. The minimum absolute atomic E-state index is 0.0505. The number of amides is 1. The Kier molecular flexibility index (Phi) is 4.18. The lowest BCUT2D eigenvalue weighted by Gasteiger charge is -2.15. The maximum absolute atomic E-state index is 10.6. The Balaban J connectivity index is 2.07. The number of hydrogen-bond acceptors (Lipinski definition) is 3. The smallest absolute Gasteiger partial charge is 0.216 e. The van der Waals surface area contributed by atoms with Crippen molar-refractivity contribution >= 4 is 5.91 Å². The Bertz CT molecular complexity index is 172. The third kappa shape index (κ3) is 3.74. The first kappa shape index (κ1) is 10.5. The molecule has 1 fully saturated rings. The van der Waals surface area contributed by atoms with Crippen molar-refractivity contribution < 1.29 is 4.79 Å². The molecule has 0 aromatic heterocycles. The zero-order chi connectivity index (χ0) is 9.68. The van der Waals surface area contributed by atoms with Crippen LogP contribution in [-0.4, -0.2) is 43.5 Å². The molecule has 0 radical (unpaired) electrons. The quantitative estimate of drug-likeness (QED) is 0.615. The lowest BCUT2D eigenvalue weighted by Crippen LogP contribution is -2.33. The van der Waals surface area contributed by atoms with Crippen LogP contribution in [0.25, 0.3) is 0 Å². The van der Waals surface area contributed by atoms with Crippen molar-refractivity contribution in [3.63, 3.8) is 0 Å². The number of carbonyl (C=O) groups excluding carboxylic acids is 1. The molecule has 0 aromatic carbocycles. The van der Waals surface area contributed by atoms with E-state index in [1.165, 1.54) is 6.42 Å². The highest BCUT2D eigenvalue weighted by Crippen LogP contribution is 2.13. The van der Waals surface area contributed by atoms with Crippen LogP contribution in [0, 0.1) is 5.92 Å². The second-order valence-electron chi connectivity index (χ2n) is 3.67. The molecule has 0 spiro atoms. The summed E-state index contributed by atoms with van der Waals surface area (Å²) in [6.07, 6.45) is 1.20. The molecule has 0 aliphatic carbocycles. The molecule has 0 aromatic rings. The minimum atomic E-state index is 0.0505. The van der Waals surface area contributed by atoms with Gasteiger partial charge in [-0.1, -0.05) is 0 Å². The second kappa shape index (κ2) is 5.19. The van der Waals surface area contributed by atoms with Crippen LogP contribution in [0.5, 0.6) is 0 Å². The van der Waals surface area contributed by atoms with Crippen molar-refractivity contribution in [2.45, 2.75) is 13.3 Å². The SMILES string of the molecule is CC(=O)NCCN1CCC(CN)C1. The Labute approximate surface area is 79.5 Å². The van der Waals surface area contributed by atoms with Gasteiger partial charge in [0.05, 0.1) is 0 Å². The van der Waals surface area contributed by atoms with E-state index >= 15 is 0 Å². The van der Waals surface area contributed by atoms with Crippen LogP contribution in [0.15, 0.2) is 0 Å². The predicted molar refractivity (Wildman–Crippen MR) is 52.3 cm³/mol. The molecule has 4 nitrogen and oxygen atoms in total. The lowest BCUT2D eigenvalue weighted by atomic mass is 10.1. The van der Waals surface area contributed by atoms with E-state index in [2.05, 4.69) is 10.2 Å². The van der Waals surface area contributed by atoms with E-state index in [-0.39, 0.29) is 5.91 Å². The van der Waals surface area contributed by atoms with Crippen LogP contribution >= 0.6 is 0 Å². The first-order chi connectivity index (χ1) is 6.22. The summed E-state index contributed by atoms with van der Waals surface area (Å²) < 4.78 is 0. The molecule has 0 bridgehead atoms. The van der Waals surface area contributed by atoms with E-state index in [9.17, 15) is 4.79 Å². The molecule has 1 aliphatic heterocycles. The summed E-state index contributed by atoms with van der Waals surface area (Å²) in [6.45, 7) is 6.27. The van der Waals surface area contributed by atoms with Gasteiger partial charge in [-0.15, -0.1) is 0 Å². The molecule has 0 saturated carbocycles. The van der Waals surface area contributed by atoms with Gasteiger partial charge in [0, 0.05) is 26.6 Å². The highest BCUT2D eigenvalue weighted by molar-refractivity contribution is 5.72. The van der Waals surface area contributed by atoms with Gasteiger partial charge in [-0.2, -0.15) is 0 Å². The topological polar surface area (TPSA) is 58.4 Å². The van der Waals surface area contributed by atoms with E-state index in [0.717, 1.165) is 32.7 Å². The number of nitrogens with one attached hydrogen (secondary N) is 1. The minimum Gasteiger partial charge on any atom is -0.355 e. The zero-order valence-electron chi connectivity index (χ0n) is 8.25. The van der Waals surface area contributed by atoms with E-state index < -0.39 is 0 Å². The first-order valence-electron chi connectivity index (χ1n) is 4.89. The van der Waals surface area contributed by atoms with Crippen LogP contribution in [0.4, 0.5) is 0 Å². The molecule has 1 amide bonds. The number of carbonyl (C=O) groups is 1. The average Bonchev–Trinajstić information content (AvgIpc) is 2.52. The Morgan fingerprint density at radius 3 is 3.00 bits per heavy atom. The fourth-order valence-electron chi connectivity index (χ4n) is 1.70. The molecule has 4 heteroatoms. The van der Waals surface area contributed by atoms with Gasteiger partial charge < -0.3 is 16.0 Å². The van der Waals surface area contributed by atoms with Crippen molar-refractivity contribution in [2.24, 2.45) is 11.7 Å². The van der Waals surface area contributed by atoms with Gasteiger partial charge in [-0.25, -0.2) is 0 Å². The zero-order valence-corrected chi connectivity index (χ0v) is 8.25. The number of rotatable bonds is 4. The van der Waals surface area contributed by atoms with Gasteiger partial charge in [-0.3, -0.25) is 4.79 Å². The highest BCUT2D eigenvalue weighted by atomic mass is 16.1. The van der Waals surface area contributed by atoms with Gasteiger partial charge in [0.1, 0.15) is 0 Å². The van der Waals surface area contributed by atoms with Crippen LogP contribution < -0.4 is 11.1 Å². The predicted octanol–water partition coefficient (Wildman–Crippen LogP) is -0.597. The molecule has 1 unspecified atom stereocenters. The van der Waals surface area contributed by atoms with E-state index in [1.807, 2.05) is 0 Å². The summed E-state index contributed by atoms with van der Waals surface area (Å²) in [6, 6.07) is 0. The molecule has 76 valence electrons. The Morgan fingerprint density at radius 2 is 2.46 bits per heavy atom. The summed E-state index contributed by atoms with van der Waals surface area (Å²) in [7, 11) is 0. The number of likely N-dealkylation sites (tertiary alicyclic amines) is 1. The van der Waals surface area contributed by atoms with Gasteiger partial charge in [0.25, 0.3) is 0 Å². The summed E-state index contributed by atoms with van der Waals surface area (Å²) in [5, 5.41) is 2.79. The Hall–Kier alpha value is -0.610. The monoisotopic (exact) mass is 185 g/mol. The molecular formula is C9H19N3O. The number of nitrogens with zero attached hydrogens (tertiary/aromatic N) is 1. The van der Waals surface area contributed by atoms with Crippen LogP contribution in [0.3, 0.4) is 0 Å². The third-order valence-corrected chi connectivity index (χ3v) is 2.51. The van der Waals surface area contributed by atoms with E-state index in [0.29, 0.717) is 5.92 Å². The lowest BCUT2D eigenvalue weighted by molar-refractivity contribution is -0.119. The van der Waals surface area contributed by atoms with E-state index in [1.54, 1.807) is 6.92 Å². The van der Waals surface area contributed by atoms with Crippen molar-refractivity contribution in [1.82, 2.24) is 10.2 Å². The molecule has 3 N–H and O–H groups in total. The summed E-state index contributed by atoms with van der Waals surface area (Å²) in [5.74, 6) is 0.715. The van der Waals surface area contributed by atoms with Gasteiger partial charge in [-0.05, 0) is 25.4 Å². The number of nitrogens with two attached hydrogens (primary N) is 1. The normalized spacial score (nSPS) is 23.4. The summed E-state index contributed by atoms with van der Waals surface area (Å²) in [4.78, 5) is 12.9. The fourth-order valence-corrected chi connectivity index (χ4v) is 1.70. The maximum Gasteiger partial charge on any atom is 0.216 e. The van der Waals surface area contributed by atoms with Crippen molar-refractivity contribution in [2.75, 3.05) is 32.7 Å². The number of hydrogen-bond donors (Lipinski definition) is 2. The summed E-state index contributed by atoms with van der Waals surface area (Å²) >= 11 is 0. The Morgan fingerprint density at radius 1 is 1.69 bits per heavy atom. The first-order valence-corrected chi connectivity index (χ1v) is 4.89. The van der Waals surface area contributed by atoms with Crippen molar-refractivity contribution in [3.05, 3.63) is 0 Å². The standard InChI is InChI=1S/C9H19N3O/c1-8(13)11-3-5-12-4-2-9(6-10)7-12/h9H,2-7,10H2,1H3,(H,11,13). The second-order valence-corrected chi connectivity index (χ2v) is 3.67. The van der Waals surface area contributed by atoms with Crippen molar-refractivity contribution in [3.8, 4) is 0 Å². The molecule has 1 saturated heterocycles. The van der Waals surface area contributed by atoms with E-state index in [4.69, 9.17) is 5.73 Å². The molecule has 1 rings (SSSR count). The van der Waals surface area contributed by atoms with Crippen LogP contribution in [0.2, 0.25) is 0 Å². The van der Waals surface area contributed by atoms with Gasteiger partial charge in [0.2, 0.25) is 5.91 Å². The fraction of sp³-hybridized carbons (Fsp3) is 0.889. The van der Waals surface area contributed by atoms with Crippen molar-refractivity contribution in [1.29, 1.82) is 0 Å². The highest BCUT2D eigenvalue weighted by Gasteiger charge is 2.20. The van der Waals surface area contributed by atoms with Crippen LogP contribution in [0.1, 0.15) is 13.3 Å². The molecule has 1 aliphatic rings. The molecule has 1 atom stereocenters. The molecular weight excluding hydrogens is 166 g/mol. The van der Waals surface area contributed by atoms with Gasteiger partial charge in [0.15, 0.2) is 0 Å². The third-order valence-electron chi connectivity index (χ3n) is 2.51. The van der Waals surface area contributed by atoms with Gasteiger partial charge >= 0.3 is 0 Å². The largest absolute Gasteiger partial charge is 0.355 e. The molecule has 13 heavy (non-hydrogen) atoms. The van der Waals surface area contributed by atoms with Crippen LogP contribution in [-0.2, 0) is 4.79 Å².